The van der Waals surface area contributed by atoms with Crippen molar-refractivity contribution in [2.45, 2.75) is 20.1 Å². The first-order chi connectivity index (χ1) is 12.2. The van der Waals surface area contributed by atoms with Gasteiger partial charge in [-0.2, -0.15) is 10.1 Å². The van der Waals surface area contributed by atoms with Gasteiger partial charge >= 0.3 is 0 Å². The van der Waals surface area contributed by atoms with Crippen molar-refractivity contribution in [2.24, 2.45) is 0 Å². The molecule has 2 aromatic heterocycles. The van der Waals surface area contributed by atoms with Crippen LogP contribution >= 0.6 is 0 Å². The van der Waals surface area contributed by atoms with Gasteiger partial charge in [-0.3, -0.25) is 0 Å². The molecule has 0 saturated carbocycles. The maximum absolute atomic E-state index is 8.97. The van der Waals surface area contributed by atoms with Crippen molar-refractivity contribution >= 4 is 5.82 Å². The van der Waals surface area contributed by atoms with Crippen LogP contribution in [0.25, 0.3) is 11.4 Å². The number of anilines is 1. The normalized spacial score (nSPS) is 10.8. The highest BCUT2D eigenvalue weighted by atomic mass is 16.5. The van der Waals surface area contributed by atoms with Crippen molar-refractivity contribution < 1.29 is 19.1 Å². The Morgan fingerprint density at radius 3 is 2.72 bits per heavy atom. The second kappa shape index (κ2) is 7.67. The number of ether oxygens (including phenoxy) is 2. The molecule has 3 aromatic rings. The molecule has 9 heteroatoms. The van der Waals surface area contributed by atoms with E-state index in [1.807, 2.05) is 25.1 Å². The van der Waals surface area contributed by atoms with Gasteiger partial charge in [0.25, 0.3) is 5.89 Å². The first-order valence-corrected chi connectivity index (χ1v) is 7.82. The van der Waals surface area contributed by atoms with Crippen LogP contribution in [0.15, 0.2) is 35.0 Å². The van der Waals surface area contributed by atoms with Crippen molar-refractivity contribution in [1.82, 2.24) is 19.9 Å². The molecule has 3 rings (SSSR count). The van der Waals surface area contributed by atoms with Crippen molar-refractivity contribution in [1.29, 1.82) is 0 Å². The summed E-state index contributed by atoms with van der Waals surface area (Å²) in [7, 11) is 0. The number of rotatable bonds is 8. The molecule has 3 N–H and O–H groups in total. The molecule has 0 amide bonds. The van der Waals surface area contributed by atoms with E-state index in [-0.39, 0.29) is 13.2 Å². The predicted octanol–water partition coefficient (Wildman–Crippen LogP) is 1.49. The van der Waals surface area contributed by atoms with E-state index in [2.05, 4.69) is 15.2 Å². The summed E-state index contributed by atoms with van der Waals surface area (Å²) in [6, 6.07) is 7.36. The monoisotopic (exact) mass is 345 g/mol. The highest BCUT2D eigenvalue weighted by molar-refractivity contribution is 5.67. The lowest BCUT2D eigenvalue weighted by Gasteiger charge is -2.09. The van der Waals surface area contributed by atoms with Crippen LogP contribution in [-0.2, 0) is 13.2 Å². The second-order valence-corrected chi connectivity index (χ2v) is 5.07. The average molecular weight is 345 g/mol. The first-order valence-electron chi connectivity index (χ1n) is 7.82. The standard InChI is InChI=1S/C16H19N5O4/c1-2-23-12-5-3-4-6-13(12)24-10-14-19-16(20-25-14)11-9-18-21(7-8-22)15(11)17/h3-6,9,22H,2,7-8,10,17H2,1H3. The molecule has 0 bridgehead atoms. The molecule has 0 aliphatic rings. The Hall–Kier alpha value is -3.07. The van der Waals surface area contributed by atoms with E-state index in [4.69, 9.17) is 24.8 Å². The van der Waals surface area contributed by atoms with Crippen LogP contribution in [0.5, 0.6) is 11.5 Å². The lowest BCUT2D eigenvalue weighted by atomic mass is 10.3. The summed E-state index contributed by atoms with van der Waals surface area (Å²) in [5.74, 6) is 2.23. The van der Waals surface area contributed by atoms with Gasteiger partial charge in [-0.15, -0.1) is 0 Å². The van der Waals surface area contributed by atoms with E-state index >= 15 is 0 Å². The van der Waals surface area contributed by atoms with Gasteiger partial charge in [0.15, 0.2) is 18.1 Å². The van der Waals surface area contributed by atoms with Gasteiger partial charge in [0.05, 0.1) is 31.5 Å². The molecule has 0 saturated heterocycles. The zero-order valence-corrected chi connectivity index (χ0v) is 13.8. The minimum absolute atomic E-state index is 0.0596. The van der Waals surface area contributed by atoms with Gasteiger partial charge in [0.1, 0.15) is 5.82 Å². The zero-order valence-electron chi connectivity index (χ0n) is 13.8. The number of nitrogen functional groups attached to an aromatic ring is 1. The Bertz CT molecular complexity index is 830. The molecular weight excluding hydrogens is 326 g/mol. The van der Waals surface area contributed by atoms with Crippen LogP contribution in [0, 0.1) is 0 Å². The Labute approximate surface area is 144 Å². The van der Waals surface area contributed by atoms with Crippen molar-refractivity contribution in [3.05, 3.63) is 36.4 Å². The SMILES string of the molecule is CCOc1ccccc1OCc1nc(-c2cnn(CCO)c2N)no1. The van der Waals surface area contributed by atoms with E-state index in [1.54, 1.807) is 6.07 Å². The Balaban J connectivity index is 1.70. The number of aromatic nitrogens is 4. The number of hydrogen-bond donors (Lipinski definition) is 2. The van der Waals surface area contributed by atoms with E-state index in [9.17, 15) is 0 Å². The Morgan fingerprint density at radius 1 is 1.24 bits per heavy atom. The number of para-hydroxylation sites is 2. The lowest BCUT2D eigenvalue weighted by molar-refractivity contribution is 0.228. The summed E-state index contributed by atoms with van der Waals surface area (Å²) in [5.41, 5.74) is 6.51. The average Bonchev–Trinajstić information content (AvgIpc) is 3.22. The smallest absolute Gasteiger partial charge is 0.264 e. The Morgan fingerprint density at radius 2 is 2.00 bits per heavy atom. The number of nitrogens with zero attached hydrogens (tertiary/aromatic N) is 4. The second-order valence-electron chi connectivity index (χ2n) is 5.07. The van der Waals surface area contributed by atoms with E-state index < -0.39 is 0 Å². The van der Waals surface area contributed by atoms with Gasteiger partial charge in [0.2, 0.25) is 5.82 Å². The topological polar surface area (TPSA) is 121 Å². The van der Waals surface area contributed by atoms with Crippen LogP contribution in [0.4, 0.5) is 5.82 Å². The van der Waals surface area contributed by atoms with Gasteiger partial charge in [-0.1, -0.05) is 17.3 Å². The molecule has 9 nitrogen and oxygen atoms in total. The summed E-state index contributed by atoms with van der Waals surface area (Å²) in [4.78, 5) is 4.27. The molecule has 2 heterocycles. The number of nitrogens with two attached hydrogens (primary N) is 1. The molecule has 0 aliphatic carbocycles. The molecule has 25 heavy (non-hydrogen) atoms. The third kappa shape index (κ3) is 3.72. The maximum Gasteiger partial charge on any atom is 0.264 e. The predicted molar refractivity (Wildman–Crippen MR) is 89.0 cm³/mol. The van der Waals surface area contributed by atoms with Gasteiger partial charge in [0, 0.05) is 0 Å². The van der Waals surface area contributed by atoms with Gasteiger partial charge in [-0.25, -0.2) is 4.68 Å². The third-order valence-electron chi connectivity index (χ3n) is 3.40. The van der Waals surface area contributed by atoms with E-state index in [1.165, 1.54) is 10.9 Å². The van der Waals surface area contributed by atoms with Crippen LogP contribution in [0.2, 0.25) is 0 Å². The molecule has 1 aromatic carbocycles. The third-order valence-corrected chi connectivity index (χ3v) is 3.40. The van der Waals surface area contributed by atoms with Crippen molar-refractivity contribution in [3.63, 3.8) is 0 Å². The minimum atomic E-state index is -0.0596. The fourth-order valence-electron chi connectivity index (χ4n) is 2.25. The number of benzene rings is 1. The highest BCUT2D eigenvalue weighted by Gasteiger charge is 2.16. The molecule has 0 fully saturated rings. The Kier molecular flexibility index (Phi) is 5.14. The first kappa shape index (κ1) is 16.8. The minimum Gasteiger partial charge on any atom is -0.490 e. The van der Waals surface area contributed by atoms with Crippen molar-refractivity contribution in [2.75, 3.05) is 18.9 Å². The quantitative estimate of drug-likeness (QED) is 0.630. The largest absolute Gasteiger partial charge is 0.490 e. The van der Waals surface area contributed by atoms with Crippen LogP contribution in [0.1, 0.15) is 12.8 Å². The number of hydrogen-bond acceptors (Lipinski definition) is 8. The fourth-order valence-corrected chi connectivity index (χ4v) is 2.25. The summed E-state index contributed by atoms with van der Waals surface area (Å²) in [6.45, 7) is 2.79. The molecule has 0 atom stereocenters. The molecule has 0 unspecified atom stereocenters. The van der Waals surface area contributed by atoms with Gasteiger partial charge in [-0.05, 0) is 19.1 Å². The zero-order chi connectivity index (χ0) is 17.6. The number of aliphatic hydroxyl groups excluding tert-OH is 1. The molecule has 0 aliphatic heterocycles. The maximum atomic E-state index is 8.97. The summed E-state index contributed by atoms with van der Waals surface area (Å²) >= 11 is 0. The van der Waals surface area contributed by atoms with Gasteiger partial charge < -0.3 is 24.8 Å². The highest BCUT2D eigenvalue weighted by Crippen LogP contribution is 2.27. The fraction of sp³-hybridized carbons (Fsp3) is 0.312. The molecule has 0 radical (unpaired) electrons. The number of aliphatic hydroxyl groups is 1. The van der Waals surface area contributed by atoms with E-state index in [0.29, 0.717) is 47.7 Å². The summed E-state index contributed by atoms with van der Waals surface area (Å²) < 4.78 is 17.9. The van der Waals surface area contributed by atoms with E-state index in [0.717, 1.165) is 0 Å². The molecular formula is C16H19N5O4. The van der Waals surface area contributed by atoms with Crippen LogP contribution in [0.3, 0.4) is 0 Å². The lowest BCUT2D eigenvalue weighted by Crippen LogP contribution is -2.07. The summed E-state index contributed by atoms with van der Waals surface area (Å²) in [5, 5.41) is 17.0. The van der Waals surface area contributed by atoms with Crippen molar-refractivity contribution in [3.8, 4) is 22.9 Å². The van der Waals surface area contributed by atoms with Crippen LogP contribution < -0.4 is 15.2 Å². The molecule has 132 valence electrons. The summed E-state index contributed by atoms with van der Waals surface area (Å²) in [6.07, 6.45) is 1.53. The molecule has 0 spiro atoms. The van der Waals surface area contributed by atoms with Crippen LogP contribution in [-0.4, -0.2) is 38.2 Å².